The summed E-state index contributed by atoms with van der Waals surface area (Å²) in [6, 6.07) is 33.1. The molecule has 2 unspecified atom stereocenters. The van der Waals surface area contributed by atoms with Gasteiger partial charge in [-0.25, -0.2) is 0 Å². The lowest BCUT2D eigenvalue weighted by Crippen LogP contribution is -2.41. The summed E-state index contributed by atoms with van der Waals surface area (Å²) >= 11 is 0. The van der Waals surface area contributed by atoms with Crippen molar-refractivity contribution in [1.82, 2.24) is 5.32 Å². The van der Waals surface area contributed by atoms with Crippen LogP contribution in [0.2, 0.25) is 0 Å². The molecular weight excluding hydrogens is 462 g/mol. The predicted octanol–water partition coefficient (Wildman–Crippen LogP) is 6.32. The van der Waals surface area contributed by atoms with E-state index in [0.29, 0.717) is 25.7 Å². The Hall–Kier alpha value is -3.38. The van der Waals surface area contributed by atoms with Crippen LogP contribution in [0, 0.1) is 0 Å². The highest BCUT2D eigenvalue weighted by Crippen LogP contribution is 2.29. The topological polar surface area (TPSA) is 49.0 Å². The SMILES string of the molecule is c1ccc(COCCCOc2ccc(C3CCNCC3OCOc3ccc4ccccc4c3)cc2)cc1. The van der Waals surface area contributed by atoms with Crippen molar-refractivity contribution < 1.29 is 18.9 Å². The van der Waals surface area contributed by atoms with Crippen LogP contribution in [-0.2, 0) is 16.1 Å². The molecule has 5 rings (SSSR count). The minimum absolute atomic E-state index is 0.0581. The molecule has 4 aromatic carbocycles. The highest BCUT2D eigenvalue weighted by molar-refractivity contribution is 5.83. The molecule has 1 aliphatic heterocycles. The quantitative estimate of drug-likeness (QED) is 0.183. The van der Waals surface area contributed by atoms with Gasteiger partial charge in [0.2, 0.25) is 0 Å². The number of hydrogen-bond acceptors (Lipinski definition) is 5. The van der Waals surface area contributed by atoms with E-state index in [9.17, 15) is 0 Å². The first-order valence-electron chi connectivity index (χ1n) is 13.1. The van der Waals surface area contributed by atoms with Gasteiger partial charge in [-0.1, -0.05) is 72.8 Å². The van der Waals surface area contributed by atoms with Gasteiger partial charge in [-0.05, 0) is 59.1 Å². The van der Waals surface area contributed by atoms with Crippen LogP contribution in [0.1, 0.15) is 29.9 Å². The van der Waals surface area contributed by atoms with E-state index in [-0.39, 0.29) is 12.9 Å². The van der Waals surface area contributed by atoms with Crippen LogP contribution in [0.5, 0.6) is 11.5 Å². The maximum absolute atomic E-state index is 6.20. The molecule has 5 heteroatoms. The Bertz CT molecular complexity index is 1230. The lowest BCUT2D eigenvalue weighted by Gasteiger charge is -2.32. The fourth-order valence-corrected chi connectivity index (χ4v) is 4.76. The molecule has 0 bridgehead atoms. The number of piperidine rings is 1. The smallest absolute Gasteiger partial charge is 0.189 e. The van der Waals surface area contributed by atoms with E-state index >= 15 is 0 Å². The van der Waals surface area contributed by atoms with Crippen LogP contribution >= 0.6 is 0 Å². The molecule has 1 saturated heterocycles. The Morgan fingerprint density at radius 1 is 0.730 bits per heavy atom. The fraction of sp³-hybridized carbons (Fsp3) is 0.312. The number of benzene rings is 4. The lowest BCUT2D eigenvalue weighted by molar-refractivity contribution is -0.0532. The summed E-state index contributed by atoms with van der Waals surface area (Å²) in [5.41, 5.74) is 2.47. The van der Waals surface area contributed by atoms with E-state index in [4.69, 9.17) is 18.9 Å². The molecule has 4 aromatic rings. The van der Waals surface area contributed by atoms with Crippen LogP contribution in [-0.4, -0.2) is 39.2 Å². The summed E-state index contributed by atoms with van der Waals surface area (Å²) in [5.74, 6) is 2.03. The van der Waals surface area contributed by atoms with E-state index in [2.05, 4.69) is 66.0 Å². The van der Waals surface area contributed by atoms with Crippen molar-refractivity contribution in [2.45, 2.75) is 31.5 Å². The molecule has 1 N–H and O–H groups in total. The monoisotopic (exact) mass is 497 g/mol. The summed E-state index contributed by atoms with van der Waals surface area (Å²) in [4.78, 5) is 0. The zero-order valence-electron chi connectivity index (χ0n) is 21.2. The Kier molecular flexibility index (Phi) is 9.05. The van der Waals surface area contributed by atoms with E-state index < -0.39 is 0 Å². The number of hydrogen-bond donors (Lipinski definition) is 1. The highest BCUT2D eigenvalue weighted by Gasteiger charge is 2.27. The molecule has 1 heterocycles. The molecule has 2 atom stereocenters. The number of fused-ring (bicyclic) bond motifs is 1. The van der Waals surface area contributed by atoms with Crippen LogP contribution in [0.3, 0.4) is 0 Å². The van der Waals surface area contributed by atoms with Gasteiger partial charge in [0, 0.05) is 18.9 Å². The number of rotatable bonds is 12. The van der Waals surface area contributed by atoms with Gasteiger partial charge in [0.05, 0.1) is 25.9 Å². The zero-order valence-corrected chi connectivity index (χ0v) is 21.2. The van der Waals surface area contributed by atoms with E-state index in [1.165, 1.54) is 21.9 Å². The third-order valence-electron chi connectivity index (χ3n) is 6.78. The minimum atomic E-state index is 0.0581. The Morgan fingerprint density at radius 2 is 1.51 bits per heavy atom. The molecule has 0 radical (unpaired) electrons. The second kappa shape index (κ2) is 13.2. The molecule has 1 aliphatic rings. The normalized spacial score (nSPS) is 17.5. The third-order valence-corrected chi connectivity index (χ3v) is 6.78. The summed E-state index contributed by atoms with van der Waals surface area (Å²) in [7, 11) is 0. The van der Waals surface area contributed by atoms with Crippen molar-refractivity contribution in [3.8, 4) is 11.5 Å². The molecule has 5 nitrogen and oxygen atoms in total. The van der Waals surface area contributed by atoms with Gasteiger partial charge in [-0.15, -0.1) is 0 Å². The van der Waals surface area contributed by atoms with Gasteiger partial charge < -0.3 is 24.3 Å². The van der Waals surface area contributed by atoms with Crippen LogP contribution in [0.4, 0.5) is 0 Å². The van der Waals surface area contributed by atoms with Gasteiger partial charge >= 0.3 is 0 Å². The van der Waals surface area contributed by atoms with Crippen molar-refractivity contribution in [1.29, 1.82) is 0 Å². The average Bonchev–Trinajstić information content (AvgIpc) is 2.96. The first-order valence-corrected chi connectivity index (χ1v) is 13.1. The summed E-state index contributed by atoms with van der Waals surface area (Å²) in [6.45, 7) is 3.99. The fourth-order valence-electron chi connectivity index (χ4n) is 4.76. The largest absolute Gasteiger partial charge is 0.494 e. The molecule has 37 heavy (non-hydrogen) atoms. The van der Waals surface area contributed by atoms with Crippen molar-refractivity contribution in [2.75, 3.05) is 33.1 Å². The molecule has 0 spiro atoms. The molecule has 0 saturated carbocycles. The van der Waals surface area contributed by atoms with E-state index in [0.717, 1.165) is 37.4 Å². The molecule has 1 fully saturated rings. The standard InChI is InChI=1S/C32H35NO4/c1-2-7-25(8-3-1)23-34-19-6-20-35-29-14-12-27(13-15-29)31-17-18-33-22-32(31)37-24-36-30-16-11-26-9-4-5-10-28(26)21-30/h1-5,7-16,21,31-33H,6,17-20,22-24H2. The number of ether oxygens (including phenoxy) is 4. The lowest BCUT2D eigenvalue weighted by atomic mass is 9.88. The van der Waals surface area contributed by atoms with Gasteiger partial charge in [0.25, 0.3) is 0 Å². The van der Waals surface area contributed by atoms with Crippen LogP contribution in [0.25, 0.3) is 10.8 Å². The molecule has 0 amide bonds. The molecular formula is C32H35NO4. The van der Waals surface area contributed by atoms with Gasteiger partial charge in [0.1, 0.15) is 11.5 Å². The second-order valence-electron chi connectivity index (χ2n) is 9.38. The zero-order chi connectivity index (χ0) is 25.1. The molecule has 0 aliphatic carbocycles. The first kappa shape index (κ1) is 25.3. The maximum Gasteiger partial charge on any atom is 0.189 e. The van der Waals surface area contributed by atoms with Crippen molar-refractivity contribution in [3.63, 3.8) is 0 Å². The van der Waals surface area contributed by atoms with Crippen molar-refractivity contribution >= 4 is 10.8 Å². The number of nitrogens with one attached hydrogen (secondary N) is 1. The molecule has 0 aromatic heterocycles. The third kappa shape index (κ3) is 7.32. The Balaban J connectivity index is 1.06. The summed E-state index contributed by atoms with van der Waals surface area (Å²) < 4.78 is 23.8. The Labute approximate surface area is 219 Å². The van der Waals surface area contributed by atoms with Crippen LogP contribution < -0.4 is 14.8 Å². The average molecular weight is 498 g/mol. The molecule has 192 valence electrons. The maximum atomic E-state index is 6.20. The highest BCUT2D eigenvalue weighted by atomic mass is 16.7. The van der Waals surface area contributed by atoms with Gasteiger partial charge in [0.15, 0.2) is 6.79 Å². The summed E-state index contributed by atoms with van der Waals surface area (Å²) in [6.07, 6.45) is 1.94. The van der Waals surface area contributed by atoms with Gasteiger partial charge in [-0.3, -0.25) is 0 Å². The minimum Gasteiger partial charge on any atom is -0.494 e. The van der Waals surface area contributed by atoms with E-state index in [1.807, 2.05) is 36.4 Å². The first-order chi connectivity index (χ1) is 18.3. The van der Waals surface area contributed by atoms with E-state index in [1.54, 1.807) is 0 Å². The van der Waals surface area contributed by atoms with Crippen molar-refractivity contribution in [2.24, 2.45) is 0 Å². The van der Waals surface area contributed by atoms with Crippen molar-refractivity contribution in [3.05, 3.63) is 108 Å². The Morgan fingerprint density at radius 3 is 2.38 bits per heavy atom. The van der Waals surface area contributed by atoms with Gasteiger partial charge in [-0.2, -0.15) is 0 Å². The summed E-state index contributed by atoms with van der Waals surface area (Å²) in [5, 5.41) is 5.83. The predicted molar refractivity (Wildman–Crippen MR) is 147 cm³/mol. The second-order valence-corrected chi connectivity index (χ2v) is 9.38. The van der Waals surface area contributed by atoms with Crippen LogP contribution in [0.15, 0.2) is 97.1 Å².